The maximum Gasteiger partial charge on any atom is 0.337 e. The number of aromatic carboxylic acids is 2. The van der Waals surface area contributed by atoms with Crippen molar-refractivity contribution in [2.24, 2.45) is 20.5 Å². The van der Waals surface area contributed by atoms with E-state index >= 15 is 0 Å². The molecule has 0 radical (unpaired) electrons. The summed E-state index contributed by atoms with van der Waals surface area (Å²) in [5, 5.41) is 51.7. The van der Waals surface area contributed by atoms with E-state index in [9.17, 15) is 9.59 Å². The molecule has 0 bridgehead atoms. The number of rotatable bonds is 6. The molecule has 0 atom stereocenters. The summed E-state index contributed by atoms with van der Waals surface area (Å²) in [5.41, 5.74) is 1.84. The number of carboxylic acid groups (broad SMARTS) is 2. The summed E-state index contributed by atoms with van der Waals surface area (Å²) in [6.45, 7) is 0. The van der Waals surface area contributed by atoms with Crippen molar-refractivity contribution in [1.82, 2.24) is 0 Å². The summed E-state index contributed by atoms with van der Waals surface area (Å²) < 4.78 is 0. The molecule has 0 heterocycles. The molecule has 180 valence electrons. The Bertz CT molecular complexity index is 1290. The lowest BCUT2D eigenvalue weighted by molar-refractivity contribution is 0.0687. The van der Waals surface area contributed by atoms with Crippen LogP contribution in [0, 0.1) is 0 Å². The number of aromatic hydroxyl groups is 2. The Morgan fingerprint density at radius 3 is 1.14 bits per heavy atom. The highest BCUT2D eigenvalue weighted by atomic mass is 16.4. The van der Waals surface area contributed by atoms with Gasteiger partial charge in [-0.25, -0.2) is 9.59 Å². The molecule has 4 aromatic carbocycles. The number of phenolic OH excluding ortho intramolecular Hbond substituents is 2. The molecule has 0 fully saturated rings. The quantitative estimate of drug-likeness (QED) is 0.215. The molecule has 0 aliphatic heterocycles. The Hall–Kier alpha value is -5.38. The summed E-state index contributed by atoms with van der Waals surface area (Å²) in [6, 6.07) is 25.0. The van der Waals surface area contributed by atoms with E-state index in [1.807, 2.05) is 0 Å². The van der Waals surface area contributed by atoms with Gasteiger partial charge in [0, 0.05) is 0 Å². The van der Waals surface area contributed by atoms with Crippen LogP contribution < -0.4 is 0 Å². The van der Waals surface area contributed by atoms with E-state index in [2.05, 4.69) is 20.5 Å². The molecule has 4 N–H and O–H groups in total. The van der Waals surface area contributed by atoms with Crippen LogP contribution in [0.15, 0.2) is 118 Å². The van der Waals surface area contributed by atoms with Crippen molar-refractivity contribution >= 4 is 34.7 Å². The SMILES string of the molecule is O=C(O)c1ccccc1N=Nc1ccc(O)cc1.O=C(O)c1ccccc1N=Nc1ccc(O)cc1. The molecule has 0 aliphatic carbocycles. The van der Waals surface area contributed by atoms with E-state index in [0.29, 0.717) is 11.4 Å². The van der Waals surface area contributed by atoms with Gasteiger partial charge in [0.25, 0.3) is 0 Å². The Labute approximate surface area is 205 Å². The van der Waals surface area contributed by atoms with Crippen LogP contribution in [0.3, 0.4) is 0 Å². The van der Waals surface area contributed by atoms with Crippen LogP contribution in [0.4, 0.5) is 22.7 Å². The minimum Gasteiger partial charge on any atom is -0.508 e. The fourth-order valence-corrected chi connectivity index (χ4v) is 2.75. The first-order chi connectivity index (χ1) is 17.3. The van der Waals surface area contributed by atoms with Crippen LogP contribution in [-0.2, 0) is 0 Å². The van der Waals surface area contributed by atoms with Gasteiger partial charge in [0.05, 0.1) is 22.5 Å². The average Bonchev–Trinajstić information content (AvgIpc) is 2.88. The predicted octanol–water partition coefficient (Wildman–Crippen LogP) is 7.01. The molecule has 0 amide bonds. The van der Waals surface area contributed by atoms with Gasteiger partial charge in [-0.15, -0.1) is 10.2 Å². The highest BCUT2D eigenvalue weighted by Crippen LogP contribution is 2.24. The lowest BCUT2D eigenvalue weighted by Crippen LogP contribution is -1.95. The lowest BCUT2D eigenvalue weighted by Gasteiger charge is -1.98. The summed E-state index contributed by atoms with van der Waals surface area (Å²) in [4.78, 5) is 21.9. The predicted molar refractivity (Wildman–Crippen MR) is 131 cm³/mol. The van der Waals surface area contributed by atoms with Crippen LogP contribution in [0.5, 0.6) is 11.5 Å². The third kappa shape index (κ3) is 7.32. The van der Waals surface area contributed by atoms with Crippen molar-refractivity contribution in [3.8, 4) is 11.5 Å². The van der Waals surface area contributed by atoms with Crippen molar-refractivity contribution in [2.75, 3.05) is 0 Å². The summed E-state index contributed by atoms with van der Waals surface area (Å²) in [5.74, 6) is -1.81. The second kappa shape index (κ2) is 12.2. The second-order valence-corrected chi connectivity index (χ2v) is 7.08. The van der Waals surface area contributed by atoms with Crippen LogP contribution >= 0.6 is 0 Å². The number of carbonyl (C=O) groups is 2. The summed E-state index contributed by atoms with van der Waals surface area (Å²) >= 11 is 0. The average molecular weight is 484 g/mol. The number of phenols is 2. The van der Waals surface area contributed by atoms with Gasteiger partial charge in [-0.2, -0.15) is 10.2 Å². The number of nitrogens with zero attached hydrogens (tertiary/aromatic N) is 4. The van der Waals surface area contributed by atoms with E-state index in [1.165, 1.54) is 36.4 Å². The van der Waals surface area contributed by atoms with Gasteiger partial charge in [0.2, 0.25) is 0 Å². The minimum atomic E-state index is -1.05. The van der Waals surface area contributed by atoms with Gasteiger partial charge in [-0.1, -0.05) is 24.3 Å². The molecule has 0 aliphatic rings. The standard InChI is InChI=1S/2C13H10N2O3/c2*16-10-7-5-9(6-8-10)14-15-12-4-2-1-3-11(12)13(17)18/h2*1-8,16H,(H,17,18). The van der Waals surface area contributed by atoms with Crippen molar-refractivity contribution in [1.29, 1.82) is 0 Å². The number of hydrogen-bond acceptors (Lipinski definition) is 8. The Balaban J connectivity index is 0.000000201. The Morgan fingerprint density at radius 2 is 0.806 bits per heavy atom. The lowest BCUT2D eigenvalue weighted by atomic mass is 10.2. The number of benzene rings is 4. The molecule has 0 unspecified atom stereocenters. The second-order valence-electron chi connectivity index (χ2n) is 7.08. The summed E-state index contributed by atoms with van der Waals surface area (Å²) in [6.07, 6.45) is 0. The number of azo groups is 2. The van der Waals surface area contributed by atoms with Crippen molar-refractivity contribution in [3.63, 3.8) is 0 Å². The fourth-order valence-electron chi connectivity index (χ4n) is 2.75. The molecule has 36 heavy (non-hydrogen) atoms. The molecule has 0 spiro atoms. The fraction of sp³-hybridized carbons (Fsp3) is 0. The van der Waals surface area contributed by atoms with Gasteiger partial charge in [0.15, 0.2) is 0 Å². The maximum absolute atomic E-state index is 10.9. The van der Waals surface area contributed by atoms with Crippen molar-refractivity contribution in [2.45, 2.75) is 0 Å². The molecule has 0 saturated heterocycles. The zero-order valence-electron chi connectivity index (χ0n) is 18.6. The zero-order chi connectivity index (χ0) is 25.9. The van der Waals surface area contributed by atoms with E-state index in [1.54, 1.807) is 60.7 Å². The zero-order valence-corrected chi connectivity index (χ0v) is 18.6. The highest BCUT2D eigenvalue weighted by molar-refractivity contribution is 5.93. The van der Waals surface area contributed by atoms with Gasteiger partial charge in [0.1, 0.15) is 22.9 Å². The van der Waals surface area contributed by atoms with Crippen LogP contribution in [0.1, 0.15) is 20.7 Å². The molecule has 0 saturated carbocycles. The van der Waals surface area contributed by atoms with E-state index in [0.717, 1.165) is 0 Å². The van der Waals surface area contributed by atoms with Gasteiger partial charge >= 0.3 is 11.9 Å². The first-order valence-corrected chi connectivity index (χ1v) is 10.4. The van der Waals surface area contributed by atoms with Gasteiger partial charge in [-0.3, -0.25) is 0 Å². The third-order valence-electron chi connectivity index (χ3n) is 4.51. The van der Waals surface area contributed by atoms with Gasteiger partial charge < -0.3 is 20.4 Å². The van der Waals surface area contributed by atoms with Crippen LogP contribution in [0.2, 0.25) is 0 Å². The number of hydrogen-bond donors (Lipinski definition) is 4. The monoisotopic (exact) mass is 484 g/mol. The van der Waals surface area contributed by atoms with Gasteiger partial charge in [-0.05, 0) is 72.8 Å². The molecule has 0 aromatic heterocycles. The summed E-state index contributed by atoms with van der Waals surface area (Å²) in [7, 11) is 0. The Morgan fingerprint density at radius 1 is 0.472 bits per heavy atom. The molecular formula is C26H20N4O6. The molecule has 4 aromatic rings. The van der Waals surface area contributed by atoms with Crippen LogP contribution in [0.25, 0.3) is 0 Å². The normalized spacial score (nSPS) is 10.7. The third-order valence-corrected chi connectivity index (χ3v) is 4.51. The highest BCUT2D eigenvalue weighted by Gasteiger charge is 2.08. The molecule has 10 heteroatoms. The van der Waals surface area contributed by atoms with E-state index < -0.39 is 11.9 Å². The number of carboxylic acids is 2. The van der Waals surface area contributed by atoms with Crippen molar-refractivity contribution in [3.05, 3.63) is 108 Å². The van der Waals surface area contributed by atoms with E-state index in [-0.39, 0.29) is 34.0 Å². The largest absolute Gasteiger partial charge is 0.508 e. The molecule has 4 rings (SSSR count). The molecule has 10 nitrogen and oxygen atoms in total. The van der Waals surface area contributed by atoms with Crippen LogP contribution in [-0.4, -0.2) is 32.4 Å². The first-order valence-electron chi connectivity index (χ1n) is 10.4. The topological polar surface area (TPSA) is 164 Å². The Kier molecular flexibility index (Phi) is 8.55. The molecular weight excluding hydrogens is 464 g/mol. The first kappa shape index (κ1) is 25.2. The van der Waals surface area contributed by atoms with E-state index in [4.69, 9.17) is 20.4 Å². The minimum absolute atomic E-state index is 0.0972. The van der Waals surface area contributed by atoms with Crippen molar-refractivity contribution < 1.29 is 30.0 Å². The smallest absolute Gasteiger partial charge is 0.337 e. The maximum atomic E-state index is 10.9.